The third kappa shape index (κ3) is 5.11. The highest BCUT2D eigenvalue weighted by Gasteiger charge is 2.14. The van der Waals surface area contributed by atoms with Gasteiger partial charge >= 0.3 is 0 Å². The van der Waals surface area contributed by atoms with Gasteiger partial charge in [-0.15, -0.1) is 0 Å². The monoisotopic (exact) mass is 447 g/mol. The van der Waals surface area contributed by atoms with E-state index >= 15 is 0 Å². The standard InChI is InChI=1S/C26H26ClN3O2/c1-18-14-19(2)16-20(15-18)32-13-7-12-30-24-11-6-5-10-23(24)29-25(30)17-28-26(31)21-8-3-4-9-22(21)27/h3-6,8-11,14-16H,7,12-13,17H2,1-2H3,(H,28,31). The van der Waals surface area contributed by atoms with Gasteiger partial charge in [-0.3, -0.25) is 4.79 Å². The van der Waals surface area contributed by atoms with Crippen LogP contribution >= 0.6 is 11.6 Å². The lowest BCUT2D eigenvalue weighted by Crippen LogP contribution is -2.25. The number of nitrogens with zero attached hydrogens (tertiary/aromatic N) is 2. The Morgan fingerprint density at radius 2 is 1.75 bits per heavy atom. The van der Waals surface area contributed by atoms with Crippen molar-refractivity contribution in [3.63, 3.8) is 0 Å². The Hall–Kier alpha value is -3.31. The van der Waals surface area contributed by atoms with E-state index in [-0.39, 0.29) is 5.91 Å². The molecule has 0 spiro atoms. The van der Waals surface area contributed by atoms with Gasteiger partial charge in [-0.25, -0.2) is 4.98 Å². The van der Waals surface area contributed by atoms with Crippen molar-refractivity contribution < 1.29 is 9.53 Å². The summed E-state index contributed by atoms with van der Waals surface area (Å²) in [7, 11) is 0. The van der Waals surface area contributed by atoms with Crippen LogP contribution < -0.4 is 10.1 Å². The molecule has 0 fully saturated rings. The maximum absolute atomic E-state index is 12.6. The minimum Gasteiger partial charge on any atom is -0.494 e. The van der Waals surface area contributed by atoms with Gasteiger partial charge in [0.1, 0.15) is 11.6 Å². The van der Waals surface area contributed by atoms with Gasteiger partial charge in [-0.1, -0.05) is 41.9 Å². The smallest absolute Gasteiger partial charge is 0.253 e. The average Bonchev–Trinajstić information content (AvgIpc) is 3.12. The Morgan fingerprint density at radius 1 is 1.03 bits per heavy atom. The second-order valence-electron chi connectivity index (χ2n) is 7.86. The number of aromatic nitrogens is 2. The molecule has 0 aliphatic carbocycles. The largest absolute Gasteiger partial charge is 0.494 e. The molecule has 0 saturated carbocycles. The molecule has 4 aromatic rings. The van der Waals surface area contributed by atoms with Crippen LogP contribution in [-0.2, 0) is 13.1 Å². The van der Waals surface area contributed by atoms with Crippen molar-refractivity contribution in [1.29, 1.82) is 0 Å². The first-order valence-corrected chi connectivity index (χ1v) is 11.1. The fraction of sp³-hybridized carbons (Fsp3) is 0.231. The van der Waals surface area contributed by atoms with Crippen LogP contribution in [0.15, 0.2) is 66.7 Å². The van der Waals surface area contributed by atoms with Gasteiger partial charge in [0.25, 0.3) is 5.91 Å². The van der Waals surface area contributed by atoms with Crippen molar-refractivity contribution in [2.75, 3.05) is 6.61 Å². The van der Waals surface area contributed by atoms with E-state index in [1.54, 1.807) is 24.3 Å². The van der Waals surface area contributed by atoms with Gasteiger partial charge in [0.2, 0.25) is 0 Å². The quantitative estimate of drug-likeness (QED) is 0.352. The van der Waals surface area contributed by atoms with E-state index in [2.05, 4.69) is 41.9 Å². The van der Waals surface area contributed by atoms with Crippen molar-refractivity contribution in [2.24, 2.45) is 0 Å². The molecule has 1 heterocycles. The second kappa shape index (κ2) is 9.88. The summed E-state index contributed by atoms with van der Waals surface area (Å²) in [5.74, 6) is 1.48. The minimum atomic E-state index is -0.215. The number of amides is 1. The van der Waals surface area contributed by atoms with E-state index in [9.17, 15) is 4.79 Å². The van der Waals surface area contributed by atoms with Gasteiger partial charge in [-0.05, 0) is 67.8 Å². The number of carbonyl (C=O) groups excluding carboxylic acids is 1. The molecule has 4 rings (SSSR count). The normalized spacial score (nSPS) is 11.0. The van der Waals surface area contributed by atoms with Crippen LogP contribution in [0.1, 0.15) is 33.7 Å². The average molecular weight is 448 g/mol. The predicted molar refractivity (Wildman–Crippen MR) is 128 cm³/mol. The molecule has 32 heavy (non-hydrogen) atoms. The second-order valence-corrected chi connectivity index (χ2v) is 8.26. The van der Waals surface area contributed by atoms with Crippen LogP contribution in [0, 0.1) is 13.8 Å². The summed E-state index contributed by atoms with van der Waals surface area (Å²) >= 11 is 6.16. The third-order valence-electron chi connectivity index (χ3n) is 5.25. The van der Waals surface area contributed by atoms with Crippen molar-refractivity contribution in [3.8, 4) is 5.75 Å². The van der Waals surface area contributed by atoms with Gasteiger partial charge in [0.15, 0.2) is 0 Å². The summed E-state index contributed by atoms with van der Waals surface area (Å²) in [6.07, 6.45) is 0.818. The van der Waals surface area contributed by atoms with Crippen molar-refractivity contribution in [2.45, 2.75) is 33.4 Å². The van der Waals surface area contributed by atoms with E-state index in [1.807, 2.05) is 24.3 Å². The Balaban J connectivity index is 1.44. The highest BCUT2D eigenvalue weighted by Crippen LogP contribution is 2.19. The van der Waals surface area contributed by atoms with E-state index in [0.29, 0.717) is 23.7 Å². The number of nitrogens with one attached hydrogen (secondary N) is 1. The first-order chi connectivity index (χ1) is 15.5. The van der Waals surface area contributed by atoms with E-state index in [1.165, 1.54) is 11.1 Å². The number of imidazole rings is 1. The summed E-state index contributed by atoms with van der Waals surface area (Å²) in [4.78, 5) is 17.3. The molecule has 0 atom stereocenters. The number of carbonyl (C=O) groups is 1. The van der Waals surface area contributed by atoms with Crippen molar-refractivity contribution >= 4 is 28.5 Å². The summed E-state index contributed by atoms with van der Waals surface area (Å²) in [5, 5.41) is 3.38. The maximum Gasteiger partial charge on any atom is 0.253 e. The van der Waals surface area contributed by atoms with E-state index in [0.717, 1.165) is 35.6 Å². The lowest BCUT2D eigenvalue weighted by molar-refractivity contribution is 0.0949. The highest BCUT2D eigenvalue weighted by molar-refractivity contribution is 6.33. The van der Waals surface area contributed by atoms with Crippen LogP contribution in [0.25, 0.3) is 11.0 Å². The van der Waals surface area contributed by atoms with Crippen LogP contribution in [0.5, 0.6) is 5.75 Å². The van der Waals surface area contributed by atoms with Gasteiger partial charge < -0.3 is 14.6 Å². The molecular formula is C26H26ClN3O2. The lowest BCUT2D eigenvalue weighted by atomic mass is 10.1. The Morgan fingerprint density at radius 3 is 2.53 bits per heavy atom. The Bertz CT molecular complexity index is 1230. The molecule has 3 aromatic carbocycles. The number of hydrogen-bond donors (Lipinski definition) is 1. The number of ether oxygens (including phenoxy) is 1. The highest BCUT2D eigenvalue weighted by atomic mass is 35.5. The molecule has 0 aliphatic heterocycles. The topological polar surface area (TPSA) is 56.1 Å². The van der Waals surface area contributed by atoms with Gasteiger partial charge in [0.05, 0.1) is 34.8 Å². The zero-order valence-corrected chi connectivity index (χ0v) is 19.0. The summed E-state index contributed by atoms with van der Waals surface area (Å²) in [6, 6.07) is 21.3. The Kier molecular flexibility index (Phi) is 6.76. The van der Waals surface area contributed by atoms with Crippen LogP contribution in [0.2, 0.25) is 5.02 Å². The molecule has 0 bridgehead atoms. The molecule has 1 amide bonds. The number of halogens is 1. The minimum absolute atomic E-state index is 0.215. The first-order valence-electron chi connectivity index (χ1n) is 10.7. The molecule has 0 radical (unpaired) electrons. The zero-order valence-electron chi connectivity index (χ0n) is 18.3. The molecule has 6 heteroatoms. The van der Waals surface area contributed by atoms with E-state index < -0.39 is 0 Å². The van der Waals surface area contributed by atoms with E-state index in [4.69, 9.17) is 21.3 Å². The molecule has 0 aliphatic rings. The number of benzene rings is 3. The summed E-state index contributed by atoms with van der Waals surface area (Å²) < 4.78 is 8.11. The van der Waals surface area contributed by atoms with Crippen molar-refractivity contribution in [3.05, 3.63) is 94.3 Å². The van der Waals surface area contributed by atoms with Crippen LogP contribution in [0.3, 0.4) is 0 Å². The van der Waals surface area contributed by atoms with Gasteiger partial charge in [-0.2, -0.15) is 0 Å². The fourth-order valence-electron chi connectivity index (χ4n) is 3.84. The molecule has 0 unspecified atom stereocenters. The predicted octanol–water partition coefficient (Wildman–Crippen LogP) is 5.71. The van der Waals surface area contributed by atoms with Crippen LogP contribution in [-0.4, -0.2) is 22.1 Å². The number of aryl methyl sites for hydroxylation is 3. The number of para-hydroxylation sites is 2. The molecular weight excluding hydrogens is 422 g/mol. The SMILES string of the molecule is Cc1cc(C)cc(OCCCn2c(CNC(=O)c3ccccc3Cl)nc3ccccc32)c1. The molecule has 5 nitrogen and oxygen atoms in total. The van der Waals surface area contributed by atoms with Crippen LogP contribution in [0.4, 0.5) is 0 Å². The summed E-state index contributed by atoms with van der Waals surface area (Å²) in [6.45, 7) is 5.79. The van der Waals surface area contributed by atoms with Crippen molar-refractivity contribution in [1.82, 2.24) is 14.9 Å². The third-order valence-corrected chi connectivity index (χ3v) is 5.58. The zero-order chi connectivity index (χ0) is 22.5. The molecule has 164 valence electrons. The molecule has 1 N–H and O–H groups in total. The number of rotatable bonds is 8. The number of hydrogen-bond acceptors (Lipinski definition) is 3. The summed E-state index contributed by atoms with van der Waals surface area (Å²) in [5.41, 5.74) is 4.79. The maximum atomic E-state index is 12.6. The molecule has 0 saturated heterocycles. The molecule has 1 aromatic heterocycles. The van der Waals surface area contributed by atoms with Gasteiger partial charge in [0, 0.05) is 6.54 Å². The number of fused-ring (bicyclic) bond motifs is 1. The lowest BCUT2D eigenvalue weighted by Gasteiger charge is -2.12. The first kappa shape index (κ1) is 21.9. The fourth-order valence-corrected chi connectivity index (χ4v) is 4.06. The Labute approximate surface area is 193 Å².